The van der Waals surface area contributed by atoms with E-state index in [1.165, 1.54) is 40.3 Å². The summed E-state index contributed by atoms with van der Waals surface area (Å²) in [5.41, 5.74) is -2.26. The summed E-state index contributed by atoms with van der Waals surface area (Å²) < 4.78 is 50.9. The molecular formula is C19H18F3N5O4. The first-order valence-corrected chi connectivity index (χ1v) is 8.92. The third-order valence-corrected chi connectivity index (χ3v) is 4.43. The molecule has 9 nitrogen and oxygen atoms in total. The van der Waals surface area contributed by atoms with Crippen molar-refractivity contribution in [2.75, 3.05) is 19.5 Å². The largest absolute Gasteiger partial charge is 0.493 e. The van der Waals surface area contributed by atoms with Crippen molar-refractivity contribution in [2.45, 2.75) is 26.1 Å². The zero-order chi connectivity index (χ0) is 22.9. The number of esters is 1. The Bertz CT molecular complexity index is 1210. The number of methoxy groups -OCH3 is 2. The van der Waals surface area contributed by atoms with Gasteiger partial charge >= 0.3 is 12.1 Å². The quantitative estimate of drug-likeness (QED) is 0.585. The number of carbonyl (C=O) groups is 1. The molecule has 3 heterocycles. The molecule has 0 spiro atoms. The maximum absolute atomic E-state index is 13.7. The van der Waals surface area contributed by atoms with Gasteiger partial charge in [-0.15, -0.1) is 0 Å². The molecule has 0 saturated carbocycles. The molecule has 0 aliphatic rings. The summed E-state index contributed by atoms with van der Waals surface area (Å²) in [5.74, 6) is -0.291. The number of ether oxygens (including phenoxy) is 2. The molecule has 3 aromatic rings. The average molecular weight is 437 g/mol. The first-order chi connectivity index (χ1) is 14.5. The van der Waals surface area contributed by atoms with Crippen LogP contribution in [-0.4, -0.2) is 40.1 Å². The molecule has 12 heteroatoms. The number of rotatable bonds is 5. The normalized spacial score (nSPS) is 12.5. The molecular weight excluding hydrogens is 419 g/mol. The number of aryl methyl sites for hydroxylation is 1. The second-order valence-corrected chi connectivity index (χ2v) is 6.58. The summed E-state index contributed by atoms with van der Waals surface area (Å²) in [7, 11) is 2.52. The van der Waals surface area contributed by atoms with Crippen molar-refractivity contribution >= 4 is 22.8 Å². The zero-order valence-electron chi connectivity index (χ0n) is 16.9. The monoisotopic (exact) mass is 437 g/mol. The second-order valence-electron chi connectivity index (χ2n) is 6.58. The average Bonchev–Trinajstić information content (AvgIpc) is 2.71. The van der Waals surface area contributed by atoms with Gasteiger partial charge in [-0.1, -0.05) is 0 Å². The number of nitrogens with zero attached hydrogens (tertiary/aromatic N) is 3. The number of hydrogen-bond acceptors (Lipinski definition) is 8. The number of fused-ring (bicyclic) bond motifs is 1. The first-order valence-electron chi connectivity index (χ1n) is 8.92. The Hall–Kier alpha value is -3.70. The van der Waals surface area contributed by atoms with Crippen LogP contribution in [0.5, 0.6) is 5.75 Å². The Balaban J connectivity index is 2.09. The highest BCUT2D eigenvalue weighted by molar-refractivity contribution is 5.90. The summed E-state index contributed by atoms with van der Waals surface area (Å²) in [6, 6.07) is 1.46. The van der Waals surface area contributed by atoms with E-state index in [1.54, 1.807) is 0 Å². The standard InChI is InChI=1S/C19H18F3N5O4/c1-8(24-16-13(30-3)5-10(7-23-16)18(29)31-4)11-6-12-15(25-9(2)26-17(12)28)27-14(11)19(20,21)22/h5-8H,1-4H3,(H,23,24)(H,25,26,27,28). The Kier molecular flexibility index (Phi) is 5.82. The minimum Gasteiger partial charge on any atom is -0.493 e. The van der Waals surface area contributed by atoms with Gasteiger partial charge in [0.25, 0.3) is 5.56 Å². The molecule has 0 radical (unpaired) electrons. The van der Waals surface area contributed by atoms with Crippen molar-refractivity contribution < 1.29 is 27.4 Å². The zero-order valence-corrected chi connectivity index (χ0v) is 16.9. The molecule has 0 aromatic carbocycles. The maximum atomic E-state index is 13.7. The predicted octanol–water partition coefficient (Wildman–Crippen LogP) is 3.01. The van der Waals surface area contributed by atoms with Crippen molar-refractivity contribution in [3.05, 3.63) is 51.3 Å². The number of pyridine rings is 2. The Morgan fingerprint density at radius 1 is 1.23 bits per heavy atom. The molecule has 0 aliphatic heterocycles. The first kappa shape index (κ1) is 22.0. The minimum absolute atomic E-state index is 0.0804. The smallest absolute Gasteiger partial charge is 0.433 e. The molecule has 2 N–H and O–H groups in total. The van der Waals surface area contributed by atoms with Gasteiger partial charge in [-0.2, -0.15) is 13.2 Å². The Morgan fingerprint density at radius 2 is 1.94 bits per heavy atom. The van der Waals surface area contributed by atoms with Crippen molar-refractivity contribution in [2.24, 2.45) is 0 Å². The molecule has 0 bridgehead atoms. The molecule has 1 atom stereocenters. The molecule has 0 amide bonds. The molecule has 0 fully saturated rings. The number of halogens is 3. The highest BCUT2D eigenvalue weighted by atomic mass is 19.4. The van der Waals surface area contributed by atoms with E-state index in [0.717, 1.165) is 6.07 Å². The van der Waals surface area contributed by atoms with E-state index < -0.39 is 29.4 Å². The number of alkyl halides is 3. The van der Waals surface area contributed by atoms with E-state index in [9.17, 15) is 22.8 Å². The number of nitrogens with one attached hydrogen (secondary N) is 2. The van der Waals surface area contributed by atoms with Crippen LogP contribution < -0.4 is 15.6 Å². The molecule has 0 saturated heterocycles. The topological polar surface area (TPSA) is 119 Å². The van der Waals surface area contributed by atoms with Gasteiger partial charge in [0.1, 0.15) is 5.82 Å². The molecule has 1 unspecified atom stereocenters. The fourth-order valence-corrected chi connectivity index (χ4v) is 2.97. The van der Waals surface area contributed by atoms with Crippen LogP contribution in [-0.2, 0) is 10.9 Å². The second kappa shape index (κ2) is 8.20. The van der Waals surface area contributed by atoms with Crippen LogP contribution in [0.3, 0.4) is 0 Å². The highest BCUT2D eigenvalue weighted by Gasteiger charge is 2.37. The number of aromatic nitrogens is 4. The van der Waals surface area contributed by atoms with Gasteiger partial charge < -0.3 is 19.8 Å². The fraction of sp³-hybridized carbons (Fsp3) is 0.316. The van der Waals surface area contributed by atoms with Gasteiger partial charge in [0.15, 0.2) is 22.9 Å². The lowest BCUT2D eigenvalue weighted by atomic mass is 10.0. The van der Waals surface area contributed by atoms with E-state index >= 15 is 0 Å². The number of aromatic amines is 1. The van der Waals surface area contributed by atoms with Crippen LogP contribution in [0.15, 0.2) is 23.1 Å². The van der Waals surface area contributed by atoms with E-state index in [1.807, 2.05) is 0 Å². The van der Waals surface area contributed by atoms with Gasteiger partial charge in [0.2, 0.25) is 0 Å². The minimum atomic E-state index is -4.79. The van der Waals surface area contributed by atoms with E-state index in [0.29, 0.717) is 0 Å². The lowest BCUT2D eigenvalue weighted by Gasteiger charge is -2.21. The van der Waals surface area contributed by atoms with Crippen molar-refractivity contribution in [1.29, 1.82) is 0 Å². The summed E-state index contributed by atoms with van der Waals surface area (Å²) >= 11 is 0. The molecule has 164 valence electrons. The number of H-pyrrole nitrogens is 1. The number of hydrogen-bond donors (Lipinski definition) is 2. The van der Waals surface area contributed by atoms with E-state index in [4.69, 9.17) is 4.74 Å². The van der Waals surface area contributed by atoms with Gasteiger partial charge in [0.05, 0.1) is 31.2 Å². The number of carbonyl (C=O) groups excluding carboxylic acids is 1. The van der Waals surface area contributed by atoms with Crippen LogP contribution in [0.4, 0.5) is 19.0 Å². The van der Waals surface area contributed by atoms with Crippen LogP contribution >= 0.6 is 0 Å². The summed E-state index contributed by atoms with van der Waals surface area (Å²) in [6.07, 6.45) is -3.59. The van der Waals surface area contributed by atoms with Crippen LogP contribution in [0.1, 0.15) is 40.4 Å². The van der Waals surface area contributed by atoms with Crippen LogP contribution in [0.2, 0.25) is 0 Å². The van der Waals surface area contributed by atoms with Gasteiger partial charge in [-0.25, -0.2) is 19.7 Å². The van der Waals surface area contributed by atoms with Crippen molar-refractivity contribution in [3.8, 4) is 5.75 Å². The molecule has 31 heavy (non-hydrogen) atoms. The molecule has 3 rings (SSSR count). The Morgan fingerprint density at radius 3 is 2.55 bits per heavy atom. The summed E-state index contributed by atoms with van der Waals surface area (Å²) in [4.78, 5) is 37.9. The molecule has 3 aromatic heterocycles. The summed E-state index contributed by atoms with van der Waals surface area (Å²) in [5, 5.41) is 2.73. The van der Waals surface area contributed by atoms with E-state index in [2.05, 4.69) is 30.0 Å². The van der Waals surface area contributed by atoms with Gasteiger partial charge in [-0.05, 0) is 19.9 Å². The lowest BCUT2D eigenvalue weighted by Crippen LogP contribution is -2.20. The summed E-state index contributed by atoms with van der Waals surface area (Å²) in [6.45, 7) is 2.90. The van der Waals surface area contributed by atoms with E-state index in [-0.39, 0.29) is 39.6 Å². The number of anilines is 1. The SMILES string of the molecule is COC(=O)c1cnc(NC(C)c2cc3c(=O)[nH]c(C)nc3nc2C(F)(F)F)c(OC)c1. The maximum Gasteiger partial charge on any atom is 0.433 e. The Labute approximate surface area is 173 Å². The van der Waals surface area contributed by atoms with Crippen molar-refractivity contribution in [3.63, 3.8) is 0 Å². The third kappa shape index (κ3) is 4.42. The lowest BCUT2D eigenvalue weighted by molar-refractivity contribution is -0.141. The van der Waals surface area contributed by atoms with Gasteiger partial charge in [-0.3, -0.25) is 4.79 Å². The van der Waals surface area contributed by atoms with Crippen LogP contribution in [0, 0.1) is 6.92 Å². The predicted molar refractivity (Wildman–Crippen MR) is 104 cm³/mol. The van der Waals surface area contributed by atoms with Crippen LogP contribution in [0.25, 0.3) is 11.0 Å². The molecule has 0 aliphatic carbocycles. The fourth-order valence-electron chi connectivity index (χ4n) is 2.97. The van der Waals surface area contributed by atoms with Gasteiger partial charge in [0, 0.05) is 17.8 Å². The third-order valence-electron chi connectivity index (χ3n) is 4.43. The highest BCUT2D eigenvalue weighted by Crippen LogP contribution is 2.36. The van der Waals surface area contributed by atoms with Crippen molar-refractivity contribution in [1.82, 2.24) is 19.9 Å².